The highest BCUT2D eigenvalue weighted by Crippen LogP contribution is 2.39. The van der Waals surface area contributed by atoms with Crippen LogP contribution in [0.5, 0.6) is 0 Å². The summed E-state index contributed by atoms with van der Waals surface area (Å²) in [5.74, 6) is 0. The third-order valence-corrected chi connectivity index (χ3v) is 4.70. The molecule has 0 spiro atoms. The lowest BCUT2D eigenvalue weighted by Crippen LogP contribution is -2.30. The summed E-state index contributed by atoms with van der Waals surface area (Å²) < 4.78 is 0. The molecule has 1 heteroatoms. The van der Waals surface area contributed by atoms with Gasteiger partial charge in [-0.3, -0.25) is 0 Å². The maximum Gasteiger partial charge on any atom is 0.0345 e. The second-order valence-corrected chi connectivity index (χ2v) is 6.41. The van der Waals surface area contributed by atoms with Gasteiger partial charge in [0.1, 0.15) is 0 Å². The van der Waals surface area contributed by atoms with Gasteiger partial charge in [-0.25, -0.2) is 0 Å². The Morgan fingerprint density at radius 1 is 1.12 bits per heavy atom. The summed E-state index contributed by atoms with van der Waals surface area (Å²) >= 11 is 0. The number of hydrogen-bond donors (Lipinski definition) is 1. The lowest BCUT2D eigenvalue weighted by Gasteiger charge is -2.29. The number of anilines is 1. The molecule has 17 heavy (non-hydrogen) atoms. The van der Waals surface area contributed by atoms with Crippen LogP contribution in [0.3, 0.4) is 0 Å². The van der Waals surface area contributed by atoms with Crippen LogP contribution in [0.15, 0.2) is 18.2 Å². The first-order chi connectivity index (χ1) is 8.15. The third kappa shape index (κ3) is 2.08. The Balaban J connectivity index is 1.77. The minimum atomic E-state index is 0.457. The van der Waals surface area contributed by atoms with E-state index in [9.17, 15) is 0 Å². The first-order valence-electron chi connectivity index (χ1n) is 7.03. The quantitative estimate of drug-likeness (QED) is 0.802. The number of hydrogen-bond acceptors (Lipinski definition) is 1. The number of rotatable bonds is 2. The van der Waals surface area contributed by atoms with Gasteiger partial charge in [-0.05, 0) is 60.8 Å². The van der Waals surface area contributed by atoms with Crippen LogP contribution in [0, 0.1) is 5.41 Å². The van der Waals surface area contributed by atoms with Crippen LogP contribution in [0.2, 0.25) is 0 Å². The Labute approximate surface area is 105 Å². The van der Waals surface area contributed by atoms with Crippen molar-refractivity contribution in [2.75, 3.05) is 5.32 Å². The van der Waals surface area contributed by atoms with E-state index in [2.05, 4.69) is 37.4 Å². The van der Waals surface area contributed by atoms with Crippen molar-refractivity contribution in [3.63, 3.8) is 0 Å². The summed E-state index contributed by atoms with van der Waals surface area (Å²) in [6, 6.07) is 7.64. The lowest BCUT2D eigenvalue weighted by molar-refractivity contribution is 0.350. The molecule has 1 saturated carbocycles. The molecule has 0 amide bonds. The average molecular weight is 229 g/mol. The van der Waals surface area contributed by atoms with Crippen LogP contribution in [0.25, 0.3) is 0 Å². The summed E-state index contributed by atoms with van der Waals surface area (Å²) in [6.45, 7) is 4.79. The smallest absolute Gasteiger partial charge is 0.0345 e. The highest BCUT2D eigenvalue weighted by molar-refractivity contribution is 5.51. The number of benzene rings is 1. The largest absolute Gasteiger partial charge is 0.382 e. The first kappa shape index (κ1) is 11.1. The van der Waals surface area contributed by atoms with E-state index in [-0.39, 0.29) is 0 Å². The lowest BCUT2D eigenvalue weighted by atomic mass is 9.87. The predicted octanol–water partition coefficient (Wildman–Crippen LogP) is 4.17. The van der Waals surface area contributed by atoms with Crippen LogP contribution < -0.4 is 5.32 Å². The molecule has 0 saturated heterocycles. The van der Waals surface area contributed by atoms with Crippen molar-refractivity contribution in [2.24, 2.45) is 5.41 Å². The Kier molecular flexibility index (Phi) is 2.65. The van der Waals surface area contributed by atoms with Crippen LogP contribution >= 0.6 is 0 Å². The van der Waals surface area contributed by atoms with Crippen LogP contribution in [0.1, 0.15) is 50.7 Å². The Morgan fingerprint density at radius 2 is 1.94 bits per heavy atom. The minimum absolute atomic E-state index is 0.457. The van der Waals surface area contributed by atoms with Gasteiger partial charge in [0.2, 0.25) is 0 Å². The van der Waals surface area contributed by atoms with Gasteiger partial charge in [0.05, 0.1) is 0 Å². The van der Waals surface area contributed by atoms with E-state index in [4.69, 9.17) is 0 Å². The molecule has 2 aliphatic rings. The van der Waals surface area contributed by atoms with E-state index in [0.29, 0.717) is 11.5 Å². The summed E-state index contributed by atoms with van der Waals surface area (Å²) in [5, 5.41) is 3.76. The van der Waals surface area contributed by atoms with Gasteiger partial charge in [0, 0.05) is 11.7 Å². The molecule has 3 rings (SSSR count). The standard InChI is InChI=1S/C16H23N/c1-16(2)10-4-7-15(16)17-14-9-8-12-5-3-6-13(12)11-14/h8-9,11,15,17H,3-7,10H2,1-2H3. The van der Waals surface area contributed by atoms with Gasteiger partial charge in [-0.15, -0.1) is 0 Å². The molecule has 2 aliphatic carbocycles. The fraction of sp³-hybridized carbons (Fsp3) is 0.625. The van der Waals surface area contributed by atoms with Gasteiger partial charge < -0.3 is 5.32 Å². The Morgan fingerprint density at radius 3 is 2.71 bits per heavy atom. The van der Waals surface area contributed by atoms with Crippen molar-refractivity contribution >= 4 is 5.69 Å². The van der Waals surface area contributed by atoms with Gasteiger partial charge in [-0.2, -0.15) is 0 Å². The molecule has 0 bridgehead atoms. The van der Waals surface area contributed by atoms with Gasteiger partial charge >= 0.3 is 0 Å². The highest BCUT2D eigenvalue weighted by Gasteiger charge is 2.34. The molecule has 1 unspecified atom stereocenters. The SMILES string of the molecule is CC1(C)CCCC1Nc1ccc2c(c1)CCC2. The zero-order valence-electron chi connectivity index (χ0n) is 11.1. The molecule has 1 aromatic carbocycles. The summed E-state index contributed by atoms with van der Waals surface area (Å²) in [6.07, 6.45) is 7.95. The molecular weight excluding hydrogens is 206 g/mol. The average Bonchev–Trinajstić information content (AvgIpc) is 2.85. The molecule has 0 aliphatic heterocycles. The second kappa shape index (κ2) is 4.04. The maximum absolute atomic E-state index is 3.76. The number of nitrogens with one attached hydrogen (secondary N) is 1. The molecule has 0 heterocycles. The number of aryl methyl sites for hydroxylation is 2. The highest BCUT2D eigenvalue weighted by atomic mass is 14.9. The molecule has 1 N–H and O–H groups in total. The van der Waals surface area contributed by atoms with E-state index in [1.807, 2.05) is 0 Å². The third-order valence-electron chi connectivity index (χ3n) is 4.70. The molecule has 1 fully saturated rings. The fourth-order valence-electron chi connectivity index (χ4n) is 3.46. The fourth-order valence-corrected chi connectivity index (χ4v) is 3.46. The van der Waals surface area contributed by atoms with Crippen molar-refractivity contribution in [3.05, 3.63) is 29.3 Å². The molecule has 1 atom stereocenters. The van der Waals surface area contributed by atoms with E-state index < -0.39 is 0 Å². The molecule has 0 radical (unpaired) electrons. The Hall–Kier alpha value is -0.980. The normalized spacial score (nSPS) is 25.9. The summed E-state index contributed by atoms with van der Waals surface area (Å²) in [4.78, 5) is 0. The van der Waals surface area contributed by atoms with Crippen LogP contribution in [-0.2, 0) is 12.8 Å². The molecule has 92 valence electrons. The van der Waals surface area contributed by atoms with Crippen molar-refractivity contribution in [1.29, 1.82) is 0 Å². The molecule has 1 nitrogen and oxygen atoms in total. The number of fused-ring (bicyclic) bond motifs is 1. The second-order valence-electron chi connectivity index (χ2n) is 6.41. The predicted molar refractivity (Wildman–Crippen MR) is 73.5 cm³/mol. The van der Waals surface area contributed by atoms with Crippen molar-refractivity contribution in [3.8, 4) is 0 Å². The Bertz CT molecular complexity index is 420. The van der Waals surface area contributed by atoms with E-state index in [1.54, 1.807) is 11.1 Å². The van der Waals surface area contributed by atoms with Gasteiger partial charge in [0.25, 0.3) is 0 Å². The topological polar surface area (TPSA) is 12.0 Å². The van der Waals surface area contributed by atoms with Crippen molar-refractivity contribution in [2.45, 2.75) is 58.4 Å². The zero-order valence-corrected chi connectivity index (χ0v) is 11.1. The van der Waals surface area contributed by atoms with Gasteiger partial charge in [0.15, 0.2) is 0 Å². The van der Waals surface area contributed by atoms with Crippen molar-refractivity contribution in [1.82, 2.24) is 0 Å². The molecule has 1 aromatic rings. The van der Waals surface area contributed by atoms with Gasteiger partial charge in [-0.1, -0.05) is 26.3 Å². The minimum Gasteiger partial charge on any atom is -0.382 e. The van der Waals surface area contributed by atoms with E-state index >= 15 is 0 Å². The molecule has 0 aromatic heterocycles. The monoisotopic (exact) mass is 229 g/mol. The summed E-state index contributed by atoms with van der Waals surface area (Å²) in [7, 11) is 0. The van der Waals surface area contributed by atoms with E-state index in [0.717, 1.165) is 0 Å². The van der Waals surface area contributed by atoms with Crippen molar-refractivity contribution < 1.29 is 0 Å². The van der Waals surface area contributed by atoms with Crippen LogP contribution in [-0.4, -0.2) is 6.04 Å². The van der Waals surface area contributed by atoms with Crippen LogP contribution in [0.4, 0.5) is 5.69 Å². The molecular formula is C16H23N. The first-order valence-corrected chi connectivity index (χ1v) is 7.03. The van der Waals surface area contributed by atoms with E-state index in [1.165, 1.54) is 44.2 Å². The maximum atomic E-state index is 3.76. The summed E-state index contributed by atoms with van der Waals surface area (Å²) in [5.41, 5.74) is 4.94. The zero-order chi connectivity index (χ0) is 11.9.